The summed E-state index contributed by atoms with van der Waals surface area (Å²) >= 11 is 0. The molecule has 0 fully saturated rings. The Morgan fingerprint density at radius 3 is 2.47 bits per heavy atom. The summed E-state index contributed by atoms with van der Waals surface area (Å²) in [6, 6.07) is 10.6. The molecule has 0 saturated heterocycles. The molecule has 0 aliphatic carbocycles. The summed E-state index contributed by atoms with van der Waals surface area (Å²) in [4.78, 5) is 0. The van der Waals surface area contributed by atoms with Crippen LogP contribution in [0.5, 0.6) is 0 Å². The highest BCUT2D eigenvalue weighted by molar-refractivity contribution is 5.29. The molecule has 0 aliphatic heterocycles. The second-order valence-corrected chi connectivity index (χ2v) is 5.53. The van der Waals surface area contributed by atoms with Crippen molar-refractivity contribution in [1.82, 2.24) is 15.5 Å². The van der Waals surface area contributed by atoms with Crippen LogP contribution in [0.15, 0.2) is 34.7 Å². The molecule has 0 amide bonds. The molecule has 0 radical (unpaired) electrons. The number of hydrogen-bond acceptors (Lipinski definition) is 4. The minimum Gasteiger partial charge on any atom is -0.423 e. The number of aromatic nitrogens is 2. The molecule has 4 nitrogen and oxygen atoms in total. The third-order valence-electron chi connectivity index (χ3n) is 3.16. The smallest absolute Gasteiger partial charge is 0.230 e. The molecule has 102 valence electrons. The van der Waals surface area contributed by atoms with E-state index in [4.69, 9.17) is 4.42 Å². The van der Waals surface area contributed by atoms with Crippen LogP contribution in [0.4, 0.5) is 0 Å². The van der Waals surface area contributed by atoms with E-state index in [2.05, 4.69) is 55.3 Å². The highest BCUT2D eigenvalue weighted by Crippen LogP contribution is 2.29. The molecule has 0 spiro atoms. The Balaban J connectivity index is 2.17. The van der Waals surface area contributed by atoms with Crippen molar-refractivity contribution in [2.45, 2.75) is 45.7 Å². The van der Waals surface area contributed by atoms with Gasteiger partial charge in [-0.2, -0.15) is 0 Å². The average molecular weight is 259 g/mol. The van der Waals surface area contributed by atoms with Crippen molar-refractivity contribution in [2.75, 3.05) is 0 Å². The molecule has 1 heterocycles. The number of rotatable bonds is 5. The number of hydrogen-bond donors (Lipinski definition) is 1. The summed E-state index contributed by atoms with van der Waals surface area (Å²) < 4.78 is 5.77. The first-order valence-electron chi connectivity index (χ1n) is 6.62. The van der Waals surface area contributed by atoms with Gasteiger partial charge in [0, 0.05) is 6.04 Å². The van der Waals surface area contributed by atoms with Gasteiger partial charge in [0.25, 0.3) is 0 Å². The standard InChI is InChI=1S/C15H21N3O/c1-11(2)16-10-13-17-18-14(19-13)15(3,4)12-8-6-5-7-9-12/h5-9,11,16H,10H2,1-4H3. The molecule has 4 heteroatoms. The zero-order valence-electron chi connectivity index (χ0n) is 12.0. The SMILES string of the molecule is CC(C)NCc1nnc(C(C)(C)c2ccccc2)o1. The Bertz CT molecular complexity index is 517. The predicted octanol–water partition coefficient (Wildman–Crippen LogP) is 2.89. The minimum atomic E-state index is -0.273. The van der Waals surface area contributed by atoms with Crippen LogP contribution in [-0.2, 0) is 12.0 Å². The highest BCUT2D eigenvalue weighted by atomic mass is 16.4. The second kappa shape index (κ2) is 5.53. The molecule has 1 aromatic carbocycles. The molecule has 1 aromatic heterocycles. The van der Waals surface area contributed by atoms with E-state index in [0.717, 1.165) is 0 Å². The molecule has 19 heavy (non-hydrogen) atoms. The van der Waals surface area contributed by atoms with Gasteiger partial charge in [0.1, 0.15) is 0 Å². The van der Waals surface area contributed by atoms with E-state index in [9.17, 15) is 0 Å². The van der Waals surface area contributed by atoms with Crippen molar-refractivity contribution in [3.8, 4) is 0 Å². The van der Waals surface area contributed by atoms with Crippen molar-refractivity contribution in [3.05, 3.63) is 47.7 Å². The van der Waals surface area contributed by atoms with Crippen molar-refractivity contribution < 1.29 is 4.42 Å². The number of benzene rings is 1. The van der Waals surface area contributed by atoms with Gasteiger partial charge >= 0.3 is 0 Å². The van der Waals surface area contributed by atoms with Gasteiger partial charge in [0.2, 0.25) is 11.8 Å². The van der Waals surface area contributed by atoms with Gasteiger partial charge in [0.05, 0.1) is 12.0 Å². The van der Waals surface area contributed by atoms with E-state index in [1.807, 2.05) is 18.2 Å². The average Bonchev–Trinajstić information content (AvgIpc) is 2.87. The van der Waals surface area contributed by atoms with Crippen LogP contribution < -0.4 is 5.32 Å². The fourth-order valence-corrected chi connectivity index (χ4v) is 1.85. The third kappa shape index (κ3) is 3.20. The molecule has 0 saturated carbocycles. The van der Waals surface area contributed by atoms with Gasteiger partial charge in [-0.25, -0.2) is 0 Å². The Hall–Kier alpha value is -1.68. The van der Waals surface area contributed by atoms with E-state index >= 15 is 0 Å². The van der Waals surface area contributed by atoms with Crippen LogP contribution in [0, 0.1) is 0 Å². The summed E-state index contributed by atoms with van der Waals surface area (Å²) in [5.74, 6) is 1.28. The van der Waals surface area contributed by atoms with Crippen molar-refractivity contribution in [2.24, 2.45) is 0 Å². The summed E-state index contributed by atoms with van der Waals surface area (Å²) in [5, 5.41) is 11.6. The van der Waals surface area contributed by atoms with Crippen LogP contribution in [-0.4, -0.2) is 16.2 Å². The Morgan fingerprint density at radius 1 is 1.16 bits per heavy atom. The van der Waals surface area contributed by atoms with Gasteiger partial charge in [0.15, 0.2) is 0 Å². The molecule has 2 aromatic rings. The summed E-state index contributed by atoms with van der Waals surface area (Å²) in [6.45, 7) is 8.97. The molecule has 1 N–H and O–H groups in total. The first-order chi connectivity index (χ1) is 9.00. The van der Waals surface area contributed by atoms with Crippen molar-refractivity contribution in [1.29, 1.82) is 0 Å². The van der Waals surface area contributed by atoms with Gasteiger partial charge in [-0.3, -0.25) is 0 Å². The fraction of sp³-hybridized carbons (Fsp3) is 0.467. The van der Waals surface area contributed by atoms with Crippen molar-refractivity contribution in [3.63, 3.8) is 0 Å². The fourth-order valence-electron chi connectivity index (χ4n) is 1.85. The lowest BCUT2D eigenvalue weighted by molar-refractivity contribution is 0.374. The highest BCUT2D eigenvalue weighted by Gasteiger charge is 2.29. The van der Waals surface area contributed by atoms with Gasteiger partial charge < -0.3 is 9.73 Å². The quantitative estimate of drug-likeness (QED) is 0.897. The minimum absolute atomic E-state index is 0.273. The van der Waals surface area contributed by atoms with Crippen LogP contribution in [0.3, 0.4) is 0 Å². The lowest BCUT2D eigenvalue weighted by Gasteiger charge is -2.20. The largest absolute Gasteiger partial charge is 0.423 e. The molecular formula is C15H21N3O. The molecule has 0 unspecified atom stereocenters. The van der Waals surface area contributed by atoms with Gasteiger partial charge in [-0.15, -0.1) is 10.2 Å². The maximum absolute atomic E-state index is 5.77. The second-order valence-electron chi connectivity index (χ2n) is 5.53. The third-order valence-corrected chi connectivity index (χ3v) is 3.16. The Morgan fingerprint density at radius 2 is 1.84 bits per heavy atom. The van der Waals surface area contributed by atoms with E-state index in [0.29, 0.717) is 24.4 Å². The molecule has 0 bridgehead atoms. The molecule has 0 aliphatic rings. The lowest BCUT2D eigenvalue weighted by atomic mass is 9.85. The topological polar surface area (TPSA) is 51.0 Å². The summed E-state index contributed by atoms with van der Waals surface area (Å²) in [5.41, 5.74) is 0.895. The molecular weight excluding hydrogens is 238 g/mol. The summed E-state index contributed by atoms with van der Waals surface area (Å²) in [7, 11) is 0. The van der Waals surface area contributed by atoms with Crippen LogP contribution in [0.1, 0.15) is 45.0 Å². The first kappa shape index (κ1) is 13.7. The van der Waals surface area contributed by atoms with E-state index in [1.54, 1.807) is 0 Å². The van der Waals surface area contributed by atoms with Gasteiger partial charge in [-0.1, -0.05) is 44.2 Å². The maximum Gasteiger partial charge on any atom is 0.230 e. The van der Waals surface area contributed by atoms with Crippen LogP contribution >= 0.6 is 0 Å². The first-order valence-corrected chi connectivity index (χ1v) is 6.62. The van der Waals surface area contributed by atoms with Gasteiger partial charge in [-0.05, 0) is 19.4 Å². The lowest BCUT2D eigenvalue weighted by Crippen LogP contribution is -2.22. The van der Waals surface area contributed by atoms with Crippen molar-refractivity contribution >= 4 is 0 Å². The number of nitrogens with one attached hydrogen (secondary N) is 1. The van der Waals surface area contributed by atoms with E-state index < -0.39 is 0 Å². The normalized spacial score (nSPS) is 12.1. The zero-order valence-corrected chi connectivity index (χ0v) is 12.0. The monoisotopic (exact) mass is 259 g/mol. The molecule has 0 atom stereocenters. The number of nitrogens with zero attached hydrogens (tertiary/aromatic N) is 2. The van der Waals surface area contributed by atoms with E-state index in [1.165, 1.54) is 5.56 Å². The van der Waals surface area contributed by atoms with Crippen LogP contribution in [0.2, 0.25) is 0 Å². The Kier molecular flexibility index (Phi) is 4.00. The van der Waals surface area contributed by atoms with E-state index in [-0.39, 0.29) is 5.41 Å². The molecule has 2 rings (SSSR count). The maximum atomic E-state index is 5.77. The zero-order chi connectivity index (χ0) is 13.9. The Labute approximate surface area is 114 Å². The summed E-state index contributed by atoms with van der Waals surface area (Å²) in [6.07, 6.45) is 0. The van der Waals surface area contributed by atoms with Crippen LogP contribution in [0.25, 0.3) is 0 Å². The predicted molar refractivity (Wildman–Crippen MR) is 74.8 cm³/mol.